The van der Waals surface area contributed by atoms with Crippen LogP contribution in [0.1, 0.15) is 6.42 Å². The number of hydrogen-bond acceptors (Lipinski definition) is 3. The summed E-state index contributed by atoms with van der Waals surface area (Å²) in [5.74, 6) is -2.20. The predicted octanol–water partition coefficient (Wildman–Crippen LogP) is -0.120. The van der Waals surface area contributed by atoms with Crippen LogP contribution in [0.15, 0.2) is 0 Å². The summed E-state index contributed by atoms with van der Waals surface area (Å²) in [6.45, 7) is 0. The van der Waals surface area contributed by atoms with Crippen LogP contribution in [0.2, 0.25) is 0 Å². The summed E-state index contributed by atoms with van der Waals surface area (Å²) in [5, 5.41) is 8.36. The molecule has 1 saturated carbocycles. The van der Waals surface area contributed by atoms with E-state index in [1.165, 1.54) is 7.11 Å². The number of carbonyl (C=O) groups is 2. The minimum absolute atomic E-state index is 0.387. The molecule has 0 spiro atoms. The fourth-order valence-electron chi connectivity index (χ4n) is 0.880. The first-order valence-electron chi connectivity index (χ1n) is 2.97. The lowest BCUT2D eigenvalue weighted by Crippen LogP contribution is -2.08. The van der Waals surface area contributed by atoms with E-state index in [9.17, 15) is 9.59 Å². The number of aliphatic carboxylic acids is 1. The third-order valence-electron chi connectivity index (χ3n) is 1.61. The van der Waals surface area contributed by atoms with Gasteiger partial charge in [0.05, 0.1) is 18.9 Å². The highest BCUT2D eigenvalue weighted by molar-refractivity contribution is 5.86. The van der Waals surface area contributed by atoms with Gasteiger partial charge in [-0.05, 0) is 6.42 Å². The number of methoxy groups -OCH3 is 1. The lowest BCUT2D eigenvalue weighted by molar-refractivity contribution is -0.146. The average Bonchev–Trinajstić information content (AvgIpc) is 2.64. The highest BCUT2D eigenvalue weighted by atomic mass is 16.5. The van der Waals surface area contributed by atoms with Crippen LogP contribution in [0.3, 0.4) is 0 Å². The molecule has 0 saturated heterocycles. The Morgan fingerprint density at radius 3 is 2.40 bits per heavy atom. The van der Waals surface area contributed by atoms with Crippen molar-refractivity contribution in [2.75, 3.05) is 7.11 Å². The van der Waals surface area contributed by atoms with Crippen LogP contribution in [-0.2, 0) is 14.3 Å². The average molecular weight is 144 g/mol. The Kier molecular flexibility index (Phi) is 1.61. The van der Waals surface area contributed by atoms with Crippen molar-refractivity contribution >= 4 is 11.9 Å². The van der Waals surface area contributed by atoms with Gasteiger partial charge in [0.1, 0.15) is 0 Å². The SMILES string of the molecule is COC(=O)C1C[C@H]1C(=O)O. The summed E-state index contributed by atoms with van der Waals surface area (Å²) in [7, 11) is 1.26. The van der Waals surface area contributed by atoms with Crippen molar-refractivity contribution in [3.8, 4) is 0 Å². The summed E-state index contributed by atoms with van der Waals surface area (Å²) < 4.78 is 4.35. The molecule has 4 heteroatoms. The Morgan fingerprint density at radius 2 is 2.10 bits per heavy atom. The predicted molar refractivity (Wildman–Crippen MR) is 31.2 cm³/mol. The molecular formula is C6H8O4. The number of rotatable bonds is 2. The molecule has 0 bridgehead atoms. The number of carbonyl (C=O) groups excluding carboxylic acids is 1. The minimum atomic E-state index is -0.907. The molecule has 1 fully saturated rings. The van der Waals surface area contributed by atoms with E-state index in [4.69, 9.17) is 5.11 Å². The van der Waals surface area contributed by atoms with Crippen LogP contribution in [-0.4, -0.2) is 24.2 Å². The van der Waals surface area contributed by atoms with Crippen molar-refractivity contribution in [1.82, 2.24) is 0 Å². The molecular weight excluding hydrogens is 136 g/mol. The van der Waals surface area contributed by atoms with Crippen LogP contribution in [0.5, 0.6) is 0 Å². The minimum Gasteiger partial charge on any atom is -0.481 e. The number of ether oxygens (including phenoxy) is 1. The Hall–Kier alpha value is -1.06. The molecule has 4 nitrogen and oxygen atoms in total. The second kappa shape index (κ2) is 2.28. The van der Waals surface area contributed by atoms with E-state index < -0.39 is 17.9 Å². The number of carboxylic acid groups (broad SMARTS) is 1. The van der Waals surface area contributed by atoms with Gasteiger partial charge in [-0.3, -0.25) is 9.59 Å². The third-order valence-corrected chi connectivity index (χ3v) is 1.61. The molecule has 0 aromatic carbocycles. The molecule has 0 aromatic heterocycles. The Bertz CT molecular complexity index is 175. The molecule has 0 aromatic rings. The zero-order valence-corrected chi connectivity index (χ0v) is 5.53. The highest BCUT2D eigenvalue weighted by Crippen LogP contribution is 2.39. The molecule has 1 rings (SSSR count). The number of carboxylic acids is 1. The fourth-order valence-corrected chi connectivity index (χ4v) is 0.880. The van der Waals surface area contributed by atoms with E-state index in [1.807, 2.05) is 0 Å². The largest absolute Gasteiger partial charge is 0.481 e. The van der Waals surface area contributed by atoms with Crippen LogP contribution in [0.25, 0.3) is 0 Å². The molecule has 1 N–H and O–H groups in total. The van der Waals surface area contributed by atoms with E-state index in [2.05, 4.69) is 4.74 Å². The normalized spacial score (nSPS) is 29.3. The van der Waals surface area contributed by atoms with E-state index in [1.54, 1.807) is 0 Å². The van der Waals surface area contributed by atoms with Gasteiger partial charge in [0, 0.05) is 0 Å². The molecule has 1 unspecified atom stereocenters. The van der Waals surface area contributed by atoms with Gasteiger partial charge in [-0.15, -0.1) is 0 Å². The van der Waals surface area contributed by atoms with Gasteiger partial charge >= 0.3 is 11.9 Å². The van der Waals surface area contributed by atoms with Crippen molar-refractivity contribution in [2.24, 2.45) is 11.8 Å². The van der Waals surface area contributed by atoms with E-state index in [0.717, 1.165) is 0 Å². The summed E-state index contributed by atoms with van der Waals surface area (Å²) in [4.78, 5) is 20.8. The maximum Gasteiger partial charge on any atom is 0.309 e. The summed E-state index contributed by atoms with van der Waals surface area (Å²) >= 11 is 0. The fraction of sp³-hybridized carbons (Fsp3) is 0.667. The zero-order chi connectivity index (χ0) is 7.72. The second-order valence-corrected chi connectivity index (χ2v) is 2.31. The van der Waals surface area contributed by atoms with Gasteiger partial charge < -0.3 is 9.84 Å². The molecule has 0 radical (unpaired) electrons. The van der Waals surface area contributed by atoms with Gasteiger partial charge in [0.15, 0.2) is 0 Å². The highest BCUT2D eigenvalue weighted by Gasteiger charge is 2.49. The van der Waals surface area contributed by atoms with E-state index in [0.29, 0.717) is 6.42 Å². The second-order valence-electron chi connectivity index (χ2n) is 2.31. The molecule has 0 heterocycles. The quantitative estimate of drug-likeness (QED) is 0.549. The van der Waals surface area contributed by atoms with Crippen molar-refractivity contribution < 1.29 is 19.4 Å². The monoisotopic (exact) mass is 144 g/mol. The van der Waals surface area contributed by atoms with Crippen molar-refractivity contribution in [1.29, 1.82) is 0 Å². The summed E-state index contributed by atoms with van der Waals surface area (Å²) in [5.41, 5.74) is 0. The topological polar surface area (TPSA) is 63.6 Å². The van der Waals surface area contributed by atoms with Gasteiger partial charge in [0.25, 0.3) is 0 Å². The smallest absolute Gasteiger partial charge is 0.309 e. The summed E-state index contributed by atoms with van der Waals surface area (Å²) in [6, 6.07) is 0. The molecule has 2 atom stereocenters. The van der Waals surface area contributed by atoms with Crippen LogP contribution < -0.4 is 0 Å². The Morgan fingerprint density at radius 1 is 1.50 bits per heavy atom. The Balaban J connectivity index is 2.38. The first-order valence-corrected chi connectivity index (χ1v) is 2.97. The lowest BCUT2D eigenvalue weighted by Gasteiger charge is -1.92. The van der Waals surface area contributed by atoms with Crippen molar-refractivity contribution in [2.45, 2.75) is 6.42 Å². The number of hydrogen-bond donors (Lipinski definition) is 1. The maximum absolute atomic E-state index is 10.6. The van der Waals surface area contributed by atoms with Gasteiger partial charge in [-0.1, -0.05) is 0 Å². The standard InChI is InChI=1S/C6H8O4/c1-10-6(9)4-2-3(4)5(7)8/h3-4H,2H2,1H3,(H,7,8)/t3-,4?/m1/s1. The van der Waals surface area contributed by atoms with Gasteiger partial charge in [-0.2, -0.15) is 0 Å². The van der Waals surface area contributed by atoms with E-state index >= 15 is 0 Å². The van der Waals surface area contributed by atoms with Crippen molar-refractivity contribution in [3.63, 3.8) is 0 Å². The van der Waals surface area contributed by atoms with Crippen LogP contribution >= 0.6 is 0 Å². The first-order chi connectivity index (χ1) is 4.66. The van der Waals surface area contributed by atoms with Crippen LogP contribution in [0.4, 0.5) is 0 Å². The lowest BCUT2D eigenvalue weighted by atomic mass is 10.3. The molecule has 1 aliphatic carbocycles. The van der Waals surface area contributed by atoms with E-state index in [-0.39, 0.29) is 5.92 Å². The zero-order valence-electron chi connectivity index (χ0n) is 5.53. The molecule has 0 amide bonds. The molecule has 0 aliphatic heterocycles. The number of esters is 1. The van der Waals surface area contributed by atoms with Gasteiger partial charge in [0.2, 0.25) is 0 Å². The Labute approximate surface area is 57.8 Å². The van der Waals surface area contributed by atoms with Crippen LogP contribution in [0, 0.1) is 11.8 Å². The molecule has 10 heavy (non-hydrogen) atoms. The third kappa shape index (κ3) is 1.10. The molecule has 56 valence electrons. The first kappa shape index (κ1) is 7.05. The van der Waals surface area contributed by atoms with Gasteiger partial charge in [-0.25, -0.2) is 0 Å². The van der Waals surface area contributed by atoms with Crippen molar-refractivity contribution in [3.05, 3.63) is 0 Å². The summed E-state index contributed by atoms with van der Waals surface area (Å²) in [6.07, 6.45) is 0.433. The maximum atomic E-state index is 10.6. The molecule has 1 aliphatic rings.